The van der Waals surface area contributed by atoms with Crippen LogP contribution in [0.2, 0.25) is 0 Å². The van der Waals surface area contributed by atoms with Crippen molar-refractivity contribution in [1.29, 1.82) is 0 Å². The van der Waals surface area contributed by atoms with Crippen molar-refractivity contribution in [2.75, 3.05) is 7.11 Å². The first kappa shape index (κ1) is 12.1. The zero-order valence-corrected chi connectivity index (χ0v) is 11.6. The van der Waals surface area contributed by atoms with Crippen molar-refractivity contribution in [3.63, 3.8) is 0 Å². The van der Waals surface area contributed by atoms with Crippen LogP contribution in [0.1, 0.15) is 0 Å². The Balaban J connectivity index is 2.33. The molecule has 2 aromatic heterocycles. The van der Waals surface area contributed by atoms with Crippen molar-refractivity contribution in [2.45, 2.75) is 0 Å². The van der Waals surface area contributed by atoms with Crippen LogP contribution in [0.25, 0.3) is 16.9 Å². The second kappa shape index (κ2) is 4.62. The second-order valence-corrected chi connectivity index (χ2v) is 4.65. The van der Waals surface area contributed by atoms with E-state index in [1.165, 1.54) is 12.1 Å². The van der Waals surface area contributed by atoms with E-state index in [-0.39, 0.29) is 5.82 Å². The summed E-state index contributed by atoms with van der Waals surface area (Å²) in [5.41, 5.74) is 1.40. The highest BCUT2D eigenvalue weighted by atomic mass is 79.9. The van der Waals surface area contributed by atoms with E-state index in [4.69, 9.17) is 4.74 Å². The second-order valence-electron chi connectivity index (χ2n) is 3.90. The zero-order chi connectivity index (χ0) is 13.4. The molecule has 19 heavy (non-hydrogen) atoms. The molecule has 0 aliphatic heterocycles. The number of hydrogen-bond acceptors (Lipinski definition) is 3. The summed E-state index contributed by atoms with van der Waals surface area (Å²) >= 11 is 3.37. The number of rotatable bonds is 2. The van der Waals surface area contributed by atoms with Gasteiger partial charge in [-0.1, -0.05) is 0 Å². The largest absolute Gasteiger partial charge is 0.496 e. The molecule has 3 rings (SSSR count). The summed E-state index contributed by atoms with van der Waals surface area (Å²) in [4.78, 5) is 8.45. The van der Waals surface area contributed by atoms with Gasteiger partial charge in [0.05, 0.1) is 24.4 Å². The Kier molecular flexibility index (Phi) is 2.94. The molecule has 96 valence electrons. The van der Waals surface area contributed by atoms with E-state index in [9.17, 15) is 4.39 Å². The quantitative estimate of drug-likeness (QED) is 0.727. The van der Waals surface area contributed by atoms with Crippen molar-refractivity contribution in [2.24, 2.45) is 0 Å². The maximum Gasteiger partial charge on any atom is 0.149 e. The van der Waals surface area contributed by atoms with Gasteiger partial charge in [0.15, 0.2) is 0 Å². The molecular weight excluding hydrogens is 313 g/mol. The molecule has 0 saturated carbocycles. The van der Waals surface area contributed by atoms with Crippen LogP contribution >= 0.6 is 15.9 Å². The lowest BCUT2D eigenvalue weighted by Crippen LogP contribution is -1.94. The minimum Gasteiger partial charge on any atom is -0.496 e. The molecule has 0 saturated heterocycles. The van der Waals surface area contributed by atoms with Gasteiger partial charge in [0.25, 0.3) is 0 Å². The van der Waals surface area contributed by atoms with Gasteiger partial charge in [-0.3, -0.25) is 9.38 Å². The number of methoxy groups -OCH3 is 1. The third kappa shape index (κ3) is 1.98. The third-order valence-electron chi connectivity index (χ3n) is 2.80. The minimum absolute atomic E-state index is 0.335. The highest BCUT2D eigenvalue weighted by Crippen LogP contribution is 2.32. The molecule has 0 fully saturated rings. The van der Waals surface area contributed by atoms with Crippen molar-refractivity contribution in [3.8, 4) is 17.1 Å². The number of aromatic nitrogens is 3. The lowest BCUT2D eigenvalue weighted by molar-refractivity contribution is 0.415. The summed E-state index contributed by atoms with van der Waals surface area (Å²) in [5, 5.41) is 0. The van der Waals surface area contributed by atoms with Gasteiger partial charge in [-0.15, -0.1) is 0 Å². The number of imidazole rings is 1. The summed E-state index contributed by atoms with van der Waals surface area (Å²) in [6, 6.07) is 4.34. The smallest absolute Gasteiger partial charge is 0.149 e. The standard InChI is InChI=1S/C13H9BrFN3O/c1-19-11-3-2-8(15)6-9(11)13-17-12(14)10-7-16-4-5-18(10)13/h2-7H,1H3. The molecule has 3 aromatic rings. The molecule has 6 heteroatoms. The van der Waals surface area contributed by atoms with Crippen LogP contribution in [0.4, 0.5) is 4.39 Å². The van der Waals surface area contributed by atoms with Crippen LogP contribution in [-0.4, -0.2) is 21.5 Å². The Morgan fingerprint density at radius 3 is 3.00 bits per heavy atom. The van der Waals surface area contributed by atoms with Crippen LogP contribution in [-0.2, 0) is 0 Å². The van der Waals surface area contributed by atoms with E-state index in [0.717, 1.165) is 5.52 Å². The molecule has 0 atom stereocenters. The van der Waals surface area contributed by atoms with Crippen molar-refractivity contribution in [1.82, 2.24) is 14.4 Å². The molecule has 0 amide bonds. The number of nitrogens with zero attached hydrogens (tertiary/aromatic N) is 3. The zero-order valence-electron chi connectivity index (χ0n) is 9.97. The average Bonchev–Trinajstić information content (AvgIpc) is 2.77. The van der Waals surface area contributed by atoms with Gasteiger partial charge in [-0.25, -0.2) is 9.37 Å². The number of halogens is 2. The first-order valence-electron chi connectivity index (χ1n) is 5.52. The molecule has 0 aliphatic rings. The van der Waals surface area contributed by atoms with Crippen LogP contribution in [0, 0.1) is 5.82 Å². The minimum atomic E-state index is -0.335. The molecule has 0 spiro atoms. The summed E-state index contributed by atoms with van der Waals surface area (Å²) in [6.45, 7) is 0. The van der Waals surface area contributed by atoms with Crippen LogP contribution in [0.5, 0.6) is 5.75 Å². The summed E-state index contributed by atoms with van der Waals surface area (Å²) in [6.07, 6.45) is 5.11. The molecule has 0 N–H and O–H groups in total. The summed E-state index contributed by atoms with van der Waals surface area (Å²) < 4.78 is 21.2. The predicted molar refractivity (Wildman–Crippen MR) is 72.6 cm³/mol. The van der Waals surface area contributed by atoms with E-state index in [2.05, 4.69) is 25.9 Å². The molecule has 0 bridgehead atoms. The summed E-state index contributed by atoms with van der Waals surface area (Å²) in [7, 11) is 1.54. The third-order valence-corrected chi connectivity index (χ3v) is 3.39. The highest BCUT2D eigenvalue weighted by Gasteiger charge is 2.15. The molecule has 4 nitrogen and oxygen atoms in total. The average molecular weight is 322 g/mol. The Bertz CT molecular complexity index is 757. The van der Waals surface area contributed by atoms with Crippen LogP contribution in [0.3, 0.4) is 0 Å². The number of ether oxygens (including phenoxy) is 1. The SMILES string of the molecule is COc1ccc(F)cc1-c1nc(Br)c2cnccn12. The fourth-order valence-electron chi connectivity index (χ4n) is 1.95. The Morgan fingerprint density at radius 1 is 1.37 bits per heavy atom. The maximum absolute atomic E-state index is 13.5. The van der Waals surface area contributed by atoms with Gasteiger partial charge in [0.2, 0.25) is 0 Å². The number of fused-ring (bicyclic) bond motifs is 1. The van der Waals surface area contributed by atoms with Crippen LogP contribution in [0.15, 0.2) is 41.4 Å². The van der Waals surface area contributed by atoms with Gasteiger partial charge in [-0.2, -0.15) is 0 Å². The maximum atomic E-state index is 13.5. The highest BCUT2D eigenvalue weighted by molar-refractivity contribution is 9.10. The fourth-order valence-corrected chi connectivity index (χ4v) is 2.41. The molecule has 0 radical (unpaired) electrons. The molecule has 2 heterocycles. The van der Waals surface area contributed by atoms with Crippen molar-refractivity contribution in [3.05, 3.63) is 47.2 Å². The van der Waals surface area contributed by atoms with Gasteiger partial charge in [-0.05, 0) is 34.1 Å². The van der Waals surface area contributed by atoms with Crippen LogP contribution < -0.4 is 4.74 Å². The van der Waals surface area contributed by atoms with Crippen molar-refractivity contribution >= 4 is 21.4 Å². The van der Waals surface area contributed by atoms with E-state index in [1.54, 1.807) is 31.8 Å². The van der Waals surface area contributed by atoms with Crippen molar-refractivity contribution < 1.29 is 9.13 Å². The number of hydrogen-bond donors (Lipinski definition) is 0. The lowest BCUT2D eigenvalue weighted by Gasteiger charge is -2.07. The fraction of sp³-hybridized carbons (Fsp3) is 0.0769. The molecular formula is C13H9BrFN3O. The Hall–Kier alpha value is -1.95. The van der Waals surface area contributed by atoms with Gasteiger partial charge in [0, 0.05) is 12.4 Å². The number of benzene rings is 1. The van der Waals surface area contributed by atoms with Gasteiger partial charge >= 0.3 is 0 Å². The molecule has 0 aliphatic carbocycles. The lowest BCUT2D eigenvalue weighted by atomic mass is 10.2. The first-order chi connectivity index (χ1) is 9.20. The van der Waals surface area contributed by atoms with E-state index < -0.39 is 0 Å². The monoisotopic (exact) mass is 321 g/mol. The Labute approximate surface area is 117 Å². The predicted octanol–water partition coefficient (Wildman–Crippen LogP) is 3.31. The molecule has 0 unspecified atom stereocenters. The van der Waals surface area contributed by atoms with Gasteiger partial charge in [0.1, 0.15) is 22.0 Å². The normalized spacial score (nSPS) is 10.9. The Morgan fingerprint density at radius 2 is 2.21 bits per heavy atom. The van der Waals surface area contributed by atoms with E-state index in [1.807, 2.05) is 4.40 Å². The first-order valence-corrected chi connectivity index (χ1v) is 6.31. The topological polar surface area (TPSA) is 39.4 Å². The summed E-state index contributed by atoms with van der Waals surface area (Å²) in [5.74, 6) is 0.830. The van der Waals surface area contributed by atoms with Gasteiger partial charge < -0.3 is 4.74 Å². The van der Waals surface area contributed by atoms with E-state index >= 15 is 0 Å². The van der Waals surface area contributed by atoms with E-state index in [0.29, 0.717) is 21.7 Å². The molecule has 1 aromatic carbocycles.